The zero-order chi connectivity index (χ0) is 22.4. The van der Waals surface area contributed by atoms with Gasteiger partial charge in [-0.3, -0.25) is 9.20 Å². The minimum atomic E-state index is -0.134. The van der Waals surface area contributed by atoms with Crippen molar-refractivity contribution in [3.05, 3.63) is 80.4 Å². The van der Waals surface area contributed by atoms with Gasteiger partial charge in [-0.1, -0.05) is 30.9 Å². The first-order chi connectivity index (χ1) is 15.5. The van der Waals surface area contributed by atoms with Gasteiger partial charge in [-0.05, 0) is 75.4 Å². The summed E-state index contributed by atoms with van der Waals surface area (Å²) in [7, 11) is 1.67. The maximum absolute atomic E-state index is 12.9. The fraction of sp³-hybridized carbons (Fsp3) is 0.231. The molecule has 1 amide bonds. The molecule has 1 aliphatic heterocycles. The molecule has 3 aromatic rings. The number of rotatable bonds is 3. The van der Waals surface area contributed by atoms with E-state index in [1.54, 1.807) is 7.05 Å². The van der Waals surface area contributed by atoms with Crippen molar-refractivity contribution >= 4 is 57.0 Å². The van der Waals surface area contributed by atoms with Crippen LogP contribution in [-0.4, -0.2) is 40.3 Å². The number of hydrogen-bond acceptors (Lipinski definition) is 3. The smallest absolute Gasteiger partial charge is 0.254 e. The second-order valence-electron chi connectivity index (χ2n) is 8.37. The van der Waals surface area contributed by atoms with E-state index in [0.29, 0.717) is 17.1 Å². The Morgan fingerprint density at radius 2 is 2.12 bits per heavy atom. The zero-order valence-electron chi connectivity index (χ0n) is 18.2. The predicted molar refractivity (Wildman–Crippen MR) is 139 cm³/mol. The van der Waals surface area contributed by atoms with Crippen LogP contribution in [0, 0.1) is 5.92 Å². The van der Waals surface area contributed by atoms with Gasteiger partial charge in [0.1, 0.15) is 0 Å². The van der Waals surface area contributed by atoms with Crippen LogP contribution in [0.1, 0.15) is 23.7 Å². The first kappa shape index (κ1) is 21.0. The Bertz CT molecular complexity index is 1460. The Morgan fingerprint density at radius 3 is 2.88 bits per heavy atom. The summed E-state index contributed by atoms with van der Waals surface area (Å²) < 4.78 is 3.32. The lowest BCUT2D eigenvalue weighted by atomic mass is 10.1. The Kier molecular flexibility index (Phi) is 5.41. The number of halogens is 1. The lowest BCUT2D eigenvalue weighted by Crippen LogP contribution is -2.39. The Hall–Kier alpha value is -2.87. The molecule has 2 aliphatic rings. The number of aromatic nitrogens is 2. The van der Waals surface area contributed by atoms with Crippen LogP contribution in [0.25, 0.3) is 28.5 Å². The average Bonchev–Trinajstić information content (AvgIpc) is 3.41. The normalized spacial score (nSPS) is 23.6. The van der Waals surface area contributed by atoms with Crippen LogP contribution in [0.3, 0.4) is 0 Å². The third-order valence-electron chi connectivity index (χ3n) is 6.30. The molecule has 1 saturated heterocycles. The van der Waals surface area contributed by atoms with Gasteiger partial charge in [0, 0.05) is 37.0 Å². The topological polar surface area (TPSA) is 49.6 Å². The van der Waals surface area contributed by atoms with Crippen molar-refractivity contribution in [2.24, 2.45) is 5.92 Å². The highest BCUT2D eigenvalue weighted by Gasteiger charge is 2.26. The second kappa shape index (κ2) is 8.24. The number of nitrogens with zero attached hydrogens (tertiary/aromatic N) is 3. The number of amides is 1. The van der Waals surface area contributed by atoms with Crippen LogP contribution in [0.15, 0.2) is 64.3 Å². The molecule has 1 N–H and O–H groups in total. The van der Waals surface area contributed by atoms with Gasteiger partial charge in [0.15, 0.2) is 5.65 Å². The van der Waals surface area contributed by atoms with Gasteiger partial charge < -0.3 is 10.2 Å². The van der Waals surface area contributed by atoms with Crippen molar-refractivity contribution < 1.29 is 4.79 Å². The number of carbonyl (C=O) groups excluding carboxylic acids is 1. The van der Waals surface area contributed by atoms with Gasteiger partial charge >= 0.3 is 0 Å². The van der Waals surface area contributed by atoms with Crippen molar-refractivity contribution in [2.45, 2.75) is 13.3 Å². The van der Waals surface area contributed by atoms with Crippen LogP contribution in [0.5, 0.6) is 0 Å². The van der Waals surface area contributed by atoms with E-state index in [1.807, 2.05) is 24.3 Å². The van der Waals surface area contributed by atoms with Crippen molar-refractivity contribution in [3.8, 4) is 0 Å². The third-order valence-corrected chi connectivity index (χ3v) is 7.19. The number of carbonyl (C=O) groups is 1. The lowest BCUT2D eigenvalue weighted by molar-refractivity contribution is 0.0964. The molecule has 6 heteroatoms. The number of allylic oxidation sites excluding steroid dienone is 3. The minimum absolute atomic E-state index is 0.134. The highest BCUT2D eigenvalue weighted by Crippen LogP contribution is 2.30. The van der Waals surface area contributed by atoms with Gasteiger partial charge in [-0.25, -0.2) is 4.98 Å². The standard InChI is InChI=1S/C26H25IN4O/c1-16-7-6-10-22-19(24(13-16)30-12-11-18(15-30)17(2)27)14-20(26(32)28-3)25-29-21-8-4-5-9-23(21)31(22)25/h4-10,13-14,18H,2,11-12,15H2,1,3H3,(H,28,32)/b7-6+,10-6?,16-7?,16-13-,22-10-,24-13?,24-19+. The number of likely N-dealkylation sites (tertiary alicyclic amines) is 1. The van der Waals surface area contributed by atoms with Gasteiger partial charge in [-0.15, -0.1) is 0 Å². The average molecular weight is 536 g/mol. The fourth-order valence-corrected chi connectivity index (χ4v) is 5.16. The summed E-state index contributed by atoms with van der Waals surface area (Å²) in [5, 5.41) is 4.88. The zero-order valence-corrected chi connectivity index (χ0v) is 20.4. The summed E-state index contributed by atoms with van der Waals surface area (Å²) in [6, 6.07) is 10.1. The van der Waals surface area contributed by atoms with Crippen LogP contribution in [0.2, 0.25) is 0 Å². The maximum Gasteiger partial charge on any atom is 0.254 e. The molecular formula is C26H25IN4O. The minimum Gasteiger partial charge on any atom is -0.370 e. The van der Waals surface area contributed by atoms with E-state index in [4.69, 9.17) is 4.98 Å². The molecule has 1 fully saturated rings. The molecule has 5 rings (SSSR count). The largest absolute Gasteiger partial charge is 0.370 e. The molecule has 1 unspecified atom stereocenters. The van der Waals surface area contributed by atoms with E-state index in [-0.39, 0.29) is 5.91 Å². The highest BCUT2D eigenvalue weighted by molar-refractivity contribution is 14.1. The van der Waals surface area contributed by atoms with E-state index >= 15 is 0 Å². The molecule has 32 heavy (non-hydrogen) atoms. The maximum atomic E-state index is 12.9. The predicted octanol–water partition coefficient (Wildman–Crippen LogP) is 3.52. The van der Waals surface area contributed by atoms with E-state index in [1.165, 1.54) is 9.15 Å². The van der Waals surface area contributed by atoms with Crippen molar-refractivity contribution in [1.82, 2.24) is 19.6 Å². The SMILES string of the molecule is C=C(I)C1CCN(C2=c3\cc(C(=O)NC)c4nc5ccccc5n4\c3=C/C=C/C(C)=C\2)C1. The molecule has 3 heterocycles. The van der Waals surface area contributed by atoms with Crippen LogP contribution in [-0.2, 0) is 0 Å². The van der Waals surface area contributed by atoms with E-state index in [0.717, 1.165) is 46.8 Å². The molecule has 2 aromatic heterocycles. The molecule has 0 radical (unpaired) electrons. The molecule has 0 spiro atoms. The number of imidazole rings is 1. The Morgan fingerprint density at radius 1 is 1.31 bits per heavy atom. The van der Waals surface area contributed by atoms with Gasteiger partial charge in [0.05, 0.1) is 21.9 Å². The van der Waals surface area contributed by atoms with E-state index in [9.17, 15) is 4.79 Å². The molecule has 1 aliphatic carbocycles. The Labute approximate surface area is 200 Å². The van der Waals surface area contributed by atoms with Gasteiger partial charge in [-0.2, -0.15) is 0 Å². The molecule has 0 saturated carbocycles. The first-order valence-electron chi connectivity index (χ1n) is 10.8. The molecular weight excluding hydrogens is 511 g/mol. The monoisotopic (exact) mass is 536 g/mol. The second-order valence-corrected chi connectivity index (χ2v) is 9.76. The number of fused-ring (bicyclic) bond motifs is 5. The fourth-order valence-electron chi connectivity index (χ4n) is 4.65. The Balaban J connectivity index is 1.94. The molecule has 0 bridgehead atoms. The van der Waals surface area contributed by atoms with E-state index < -0.39 is 0 Å². The summed E-state index contributed by atoms with van der Waals surface area (Å²) in [6.07, 6.45) is 9.66. The number of benzene rings is 1. The highest BCUT2D eigenvalue weighted by atomic mass is 127. The van der Waals surface area contributed by atoms with Gasteiger partial charge in [0.25, 0.3) is 5.91 Å². The molecule has 162 valence electrons. The molecule has 1 atom stereocenters. The third kappa shape index (κ3) is 3.46. The van der Waals surface area contributed by atoms with Crippen LogP contribution < -0.4 is 15.9 Å². The first-order valence-corrected chi connectivity index (χ1v) is 11.9. The van der Waals surface area contributed by atoms with E-state index in [2.05, 4.69) is 81.1 Å². The summed E-state index contributed by atoms with van der Waals surface area (Å²) in [6.45, 7) is 8.19. The summed E-state index contributed by atoms with van der Waals surface area (Å²) in [5.74, 6) is 0.340. The molecule has 1 aromatic carbocycles. The summed E-state index contributed by atoms with van der Waals surface area (Å²) >= 11 is 2.35. The quantitative estimate of drug-likeness (QED) is 0.522. The number of pyridine rings is 1. The number of hydrogen-bond donors (Lipinski definition) is 1. The van der Waals surface area contributed by atoms with Crippen LogP contribution >= 0.6 is 22.6 Å². The molecule has 5 nitrogen and oxygen atoms in total. The van der Waals surface area contributed by atoms with Crippen molar-refractivity contribution in [3.63, 3.8) is 0 Å². The number of para-hydroxylation sites is 2. The summed E-state index contributed by atoms with van der Waals surface area (Å²) in [4.78, 5) is 20.2. The lowest BCUT2D eigenvalue weighted by Gasteiger charge is -2.22. The summed E-state index contributed by atoms with van der Waals surface area (Å²) in [5.41, 5.74) is 5.45. The van der Waals surface area contributed by atoms with Crippen LogP contribution in [0.4, 0.5) is 0 Å². The van der Waals surface area contributed by atoms with Crippen molar-refractivity contribution in [1.29, 1.82) is 0 Å². The van der Waals surface area contributed by atoms with Crippen molar-refractivity contribution in [2.75, 3.05) is 20.1 Å². The number of nitrogens with one attached hydrogen (secondary N) is 1. The van der Waals surface area contributed by atoms with Gasteiger partial charge in [0.2, 0.25) is 0 Å².